The van der Waals surface area contributed by atoms with Gasteiger partial charge in [0, 0.05) is 18.4 Å². The van der Waals surface area contributed by atoms with Gasteiger partial charge in [0.15, 0.2) is 0 Å². The third kappa shape index (κ3) is 3.56. The van der Waals surface area contributed by atoms with Gasteiger partial charge in [-0.25, -0.2) is 4.98 Å². The summed E-state index contributed by atoms with van der Waals surface area (Å²) in [5.41, 5.74) is 0.823. The van der Waals surface area contributed by atoms with Crippen LogP contribution in [0.4, 0.5) is 0 Å². The summed E-state index contributed by atoms with van der Waals surface area (Å²) in [4.78, 5) is 20.0. The summed E-state index contributed by atoms with van der Waals surface area (Å²) < 4.78 is 0. The fraction of sp³-hybridized carbons (Fsp3) is 0.688. The average molecular weight is 275 g/mol. The van der Waals surface area contributed by atoms with E-state index < -0.39 is 0 Å². The molecule has 1 heterocycles. The highest BCUT2D eigenvalue weighted by atomic mass is 16.1. The van der Waals surface area contributed by atoms with E-state index in [9.17, 15) is 4.79 Å². The molecular weight excluding hydrogens is 250 g/mol. The summed E-state index contributed by atoms with van der Waals surface area (Å²) in [7, 11) is 0. The van der Waals surface area contributed by atoms with E-state index in [4.69, 9.17) is 0 Å². The van der Waals surface area contributed by atoms with Crippen LogP contribution in [0.15, 0.2) is 18.6 Å². The van der Waals surface area contributed by atoms with Gasteiger partial charge in [0.1, 0.15) is 5.69 Å². The molecule has 0 aliphatic heterocycles. The summed E-state index contributed by atoms with van der Waals surface area (Å²) >= 11 is 0. The van der Waals surface area contributed by atoms with E-state index in [-0.39, 0.29) is 11.9 Å². The second-order valence-corrected chi connectivity index (χ2v) is 6.45. The van der Waals surface area contributed by atoms with Crippen molar-refractivity contribution in [1.29, 1.82) is 0 Å². The maximum absolute atomic E-state index is 12.0. The van der Waals surface area contributed by atoms with Crippen LogP contribution in [0, 0.1) is 11.3 Å². The fourth-order valence-electron chi connectivity index (χ4n) is 2.98. The zero-order chi connectivity index (χ0) is 14.6. The zero-order valence-corrected chi connectivity index (χ0v) is 12.7. The van der Waals surface area contributed by atoms with E-state index in [1.807, 2.05) is 0 Å². The first-order chi connectivity index (χ1) is 9.53. The number of carbonyl (C=O) groups is 1. The minimum absolute atomic E-state index is 0.101. The first-order valence-corrected chi connectivity index (χ1v) is 7.60. The Kier molecular flexibility index (Phi) is 4.73. The highest BCUT2D eigenvalue weighted by Gasteiger charge is 2.32. The van der Waals surface area contributed by atoms with Crippen LogP contribution in [0.5, 0.6) is 0 Å². The Morgan fingerprint density at radius 3 is 2.55 bits per heavy atom. The van der Waals surface area contributed by atoms with Crippen molar-refractivity contribution in [3.8, 4) is 0 Å². The molecule has 4 heteroatoms. The number of amides is 1. The van der Waals surface area contributed by atoms with Gasteiger partial charge in [-0.2, -0.15) is 0 Å². The van der Waals surface area contributed by atoms with Gasteiger partial charge in [-0.1, -0.05) is 27.2 Å². The van der Waals surface area contributed by atoms with Gasteiger partial charge in [0.25, 0.3) is 5.91 Å². The molecule has 0 atom stereocenters. The first-order valence-electron chi connectivity index (χ1n) is 7.60. The third-order valence-electron chi connectivity index (χ3n) is 4.87. The molecule has 1 aromatic heterocycles. The molecule has 1 N–H and O–H groups in total. The standard InChI is InChI=1S/C16H25N3O/c1-4-16(2,3)12-5-7-13(8-6-12)19-15(20)14-11-17-9-10-18-14/h9-13H,4-8H2,1-3H3,(H,19,20). The number of hydrogen-bond acceptors (Lipinski definition) is 3. The topological polar surface area (TPSA) is 54.9 Å². The van der Waals surface area contributed by atoms with Crippen LogP contribution < -0.4 is 5.32 Å². The Balaban J connectivity index is 1.85. The van der Waals surface area contributed by atoms with Crippen LogP contribution in [-0.4, -0.2) is 21.9 Å². The Morgan fingerprint density at radius 1 is 1.30 bits per heavy atom. The van der Waals surface area contributed by atoms with Crippen molar-refractivity contribution in [2.45, 2.75) is 58.9 Å². The lowest BCUT2D eigenvalue weighted by Crippen LogP contribution is -2.40. The van der Waals surface area contributed by atoms with Crippen LogP contribution in [0.25, 0.3) is 0 Å². The molecule has 0 bridgehead atoms. The van der Waals surface area contributed by atoms with Crippen molar-refractivity contribution >= 4 is 5.91 Å². The molecular formula is C16H25N3O. The third-order valence-corrected chi connectivity index (χ3v) is 4.87. The maximum Gasteiger partial charge on any atom is 0.271 e. The van der Waals surface area contributed by atoms with Crippen LogP contribution >= 0.6 is 0 Å². The molecule has 1 aliphatic rings. The smallest absolute Gasteiger partial charge is 0.271 e. The normalized spacial score (nSPS) is 23.4. The van der Waals surface area contributed by atoms with Crippen molar-refractivity contribution in [1.82, 2.24) is 15.3 Å². The zero-order valence-electron chi connectivity index (χ0n) is 12.7. The fourth-order valence-corrected chi connectivity index (χ4v) is 2.98. The van der Waals surface area contributed by atoms with Crippen molar-refractivity contribution in [3.63, 3.8) is 0 Å². The molecule has 1 aromatic rings. The van der Waals surface area contributed by atoms with Gasteiger partial charge in [-0.05, 0) is 37.0 Å². The molecule has 110 valence electrons. The van der Waals surface area contributed by atoms with Gasteiger partial charge >= 0.3 is 0 Å². The molecule has 2 rings (SSSR count). The molecule has 0 saturated heterocycles. The summed E-state index contributed by atoms with van der Waals surface area (Å²) in [6, 6.07) is 0.286. The van der Waals surface area contributed by atoms with Gasteiger partial charge in [0.2, 0.25) is 0 Å². The second kappa shape index (κ2) is 6.33. The van der Waals surface area contributed by atoms with E-state index in [1.54, 1.807) is 12.4 Å². The number of nitrogens with one attached hydrogen (secondary N) is 1. The van der Waals surface area contributed by atoms with Gasteiger partial charge in [0.05, 0.1) is 6.20 Å². The molecule has 1 amide bonds. The van der Waals surface area contributed by atoms with Crippen molar-refractivity contribution < 1.29 is 4.79 Å². The van der Waals surface area contributed by atoms with Crippen molar-refractivity contribution in [3.05, 3.63) is 24.3 Å². The predicted octanol–water partition coefficient (Wildman–Crippen LogP) is 3.20. The molecule has 0 aromatic carbocycles. The Hall–Kier alpha value is -1.45. The van der Waals surface area contributed by atoms with E-state index in [1.165, 1.54) is 25.5 Å². The van der Waals surface area contributed by atoms with E-state index in [0.717, 1.165) is 18.8 Å². The molecule has 0 unspecified atom stereocenters. The Morgan fingerprint density at radius 2 is 2.00 bits per heavy atom. The predicted molar refractivity (Wildman–Crippen MR) is 79.3 cm³/mol. The van der Waals surface area contributed by atoms with E-state index >= 15 is 0 Å². The largest absolute Gasteiger partial charge is 0.348 e. The average Bonchev–Trinajstić information content (AvgIpc) is 2.48. The van der Waals surface area contributed by atoms with Crippen molar-refractivity contribution in [2.24, 2.45) is 11.3 Å². The monoisotopic (exact) mass is 275 g/mol. The van der Waals surface area contributed by atoms with Gasteiger partial charge in [-0.15, -0.1) is 0 Å². The SMILES string of the molecule is CCC(C)(C)C1CCC(NC(=O)c2cnccn2)CC1. The summed E-state index contributed by atoms with van der Waals surface area (Å²) in [5, 5.41) is 3.08. The van der Waals surface area contributed by atoms with Crippen LogP contribution in [0.2, 0.25) is 0 Å². The second-order valence-electron chi connectivity index (χ2n) is 6.45. The molecule has 4 nitrogen and oxygen atoms in total. The van der Waals surface area contributed by atoms with E-state index in [2.05, 4.69) is 36.1 Å². The summed E-state index contributed by atoms with van der Waals surface area (Å²) in [6.07, 6.45) is 10.4. The molecule has 20 heavy (non-hydrogen) atoms. The Labute approximate surface area is 121 Å². The maximum atomic E-state index is 12.0. The number of carbonyl (C=O) groups excluding carboxylic acids is 1. The van der Waals surface area contributed by atoms with Gasteiger partial charge < -0.3 is 5.32 Å². The lowest BCUT2D eigenvalue weighted by molar-refractivity contribution is 0.0888. The highest BCUT2D eigenvalue weighted by Crippen LogP contribution is 2.40. The summed E-state index contributed by atoms with van der Waals surface area (Å²) in [6.45, 7) is 6.98. The molecule has 1 saturated carbocycles. The molecule has 0 spiro atoms. The number of nitrogens with zero attached hydrogens (tertiary/aromatic N) is 2. The first kappa shape index (κ1) is 14.9. The van der Waals surface area contributed by atoms with Crippen LogP contribution in [-0.2, 0) is 0 Å². The van der Waals surface area contributed by atoms with E-state index in [0.29, 0.717) is 11.1 Å². The van der Waals surface area contributed by atoms with Crippen LogP contribution in [0.1, 0.15) is 63.4 Å². The lowest BCUT2D eigenvalue weighted by atomic mass is 9.69. The highest BCUT2D eigenvalue weighted by molar-refractivity contribution is 5.92. The lowest BCUT2D eigenvalue weighted by Gasteiger charge is -2.39. The number of aromatic nitrogens is 2. The number of rotatable bonds is 4. The quantitative estimate of drug-likeness (QED) is 0.918. The molecule has 0 radical (unpaired) electrons. The number of hydrogen-bond donors (Lipinski definition) is 1. The summed E-state index contributed by atoms with van der Waals surface area (Å²) in [5.74, 6) is 0.675. The molecule has 1 fully saturated rings. The minimum atomic E-state index is -0.101. The van der Waals surface area contributed by atoms with Crippen LogP contribution in [0.3, 0.4) is 0 Å². The van der Waals surface area contributed by atoms with Crippen molar-refractivity contribution in [2.75, 3.05) is 0 Å². The van der Waals surface area contributed by atoms with Gasteiger partial charge in [-0.3, -0.25) is 9.78 Å². The molecule has 1 aliphatic carbocycles. The minimum Gasteiger partial charge on any atom is -0.348 e. The Bertz CT molecular complexity index is 436.